The summed E-state index contributed by atoms with van der Waals surface area (Å²) in [5.74, 6) is -0.511. The third-order valence-corrected chi connectivity index (χ3v) is 7.83. The molecule has 2 aromatic carbocycles. The van der Waals surface area contributed by atoms with E-state index in [9.17, 15) is 18.0 Å². The summed E-state index contributed by atoms with van der Waals surface area (Å²) in [5, 5.41) is 5.59. The number of carbonyl (C=O) groups is 2. The first-order valence-electron chi connectivity index (χ1n) is 10.9. The quantitative estimate of drug-likeness (QED) is 0.552. The minimum absolute atomic E-state index is 0.0258. The summed E-state index contributed by atoms with van der Waals surface area (Å²) in [6.45, 7) is 3.95. The van der Waals surface area contributed by atoms with Crippen LogP contribution in [0.2, 0.25) is 5.02 Å². The summed E-state index contributed by atoms with van der Waals surface area (Å²) in [6.07, 6.45) is 4.25. The highest BCUT2D eigenvalue weighted by molar-refractivity contribution is 7.89. The number of sulfonamides is 1. The SMILES string of the molecule is C=CC(=O)NC1CCCCN(S(=O)(=O)c2ccc(NC(=O)CCc3ccccc3)cc2Cl)C1. The molecular formula is C24H28ClN3O4S. The van der Waals surface area contributed by atoms with Crippen molar-refractivity contribution in [2.45, 2.75) is 43.0 Å². The molecule has 0 aliphatic carbocycles. The van der Waals surface area contributed by atoms with E-state index in [2.05, 4.69) is 17.2 Å². The van der Waals surface area contributed by atoms with Crippen molar-refractivity contribution in [1.29, 1.82) is 0 Å². The fourth-order valence-corrected chi connectivity index (χ4v) is 5.80. The first-order chi connectivity index (χ1) is 15.8. The van der Waals surface area contributed by atoms with Crippen LogP contribution in [0.15, 0.2) is 66.1 Å². The molecule has 1 unspecified atom stereocenters. The molecule has 7 nitrogen and oxygen atoms in total. The van der Waals surface area contributed by atoms with E-state index in [1.165, 1.54) is 28.6 Å². The normalized spacial score (nSPS) is 17.1. The number of aryl methyl sites for hydroxylation is 1. The van der Waals surface area contributed by atoms with Crippen LogP contribution in [0.25, 0.3) is 0 Å². The predicted molar refractivity (Wildman–Crippen MR) is 130 cm³/mol. The van der Waals surface area contributed by atoms with Crippen molar-refractivity contribution >= 4 is 39.1 Å². The lowest BCUT2D eigenvalue weighted by molar-refractivity contribution is -0.117. The van der Waals surface area contributed by atoms with Crippen LogP contribution >= 0.6 is 11.6 Å². The van der Waals surface area contributed by atoms with Gasteiger partial charge in [-0.25, -0.2) is 8.42 Å². The highest BCUT2D eigenvalue weighted by atomic mass is 35.5. The molecule has 2 N–H and O–H groups in total. The highest BCUT2D eigenvalue weighted by Gasteiger charge is 2.31. The Kier molecular flexibility index (Phi) is 8.66. The molecule has 1 fully saturated rings. The number of hydrogen-bond donors (Lipinski definition) is 2. The molecule has 3 rings (SSSR count). The maximum atomic E-state index is 13.3. The molecule has 176 valence electrons. The molecule has 0 bridgehead atoms. The van der Waals surface area contributed by atoms with Crippen molar-refractivity contribution in [2.75, 3.05) is 18.4 Å². The zero-order valence-corrected chi connectivity index (χ0v) is 19.9. The Hall–Kier alpha value is -2.68. The Bertz CT molecular complexity index is 1110. The average molecular weight is 490 g/mol. The van der Waals surface area contributed by atoms with Crippen LogP contribution in [0.1, 0.15) is 31.2 Å². The van der Waals surface area contributed by atoms with Gasteiger partial charge >= 0.3 is 0 Å². The fourth-order valence-electron chi connectivity index (χ4n) is 3.76. The number of halogens is 1. The molecule has 0 spiro atoms. The topological polar surface area (TPSA) is 95.6 Å². The minimum Gasteiger partial charge on any atom is -0.349 e. The van der Waals surface area contributed by atoms with Crippen LogP contribution in [-0.4, -0.2) is 43.7 Å². The van der Waals surface area contributed by atoms with Crippen molar-refractivity contribution < 1.29 is 18.0 Å². The molecule has 0 radical (unpaired) electrons. The molecule has 0 aromatic heterocycles. The average Bonchev–Trinajstić information content (AvgIpc) is 3.04. The molecular weight excluding hydrogens is 462 g/mol. The fraction of sp³-hybridized carbons (Fsp3) is 0.333. The first-order valence-corrected chi connectivity index (χ1v) is 12.7. The maximum Gasteiger partial charge on any atom is 0.244 e. The van der Waals surface area contributed by atoms with Gasteiger partial charge in [-0.1, -0.05) is 54.9 Å². The van der Waals surface area contributed by atoms with Gasteiger partial charge in [-0.3, -0.25) is 9.59 Å². The van der Waals surface area contributed by atoms with Gasteiger partial charge in [0.25, 0.3) is 0 Å². The number of hydrogen-bond acceptors (Lipinski definition) is 4. The smallest absolute Gasteiger partial charge is 0.244 e. The van der Waals surface area contributed by atoms with E-state index < -0.39 is 10.0 Å². The second-order valence-electron chi connectivity index (χ2n) is 7.95. The predicted octanol–water partition coefficient (Wildman–Crippen LogP) is 3.76. The summed E-state index contributed by atoms with van der Waals surface area (Å²) in [7, 11) is -3.87. The molecule has 0 saturated carbocycles. The van der Waals surface area contributed by atoms with Crippen molar-refractivity contribution in [1.82, 2.24) is 9.62 Å². The van der Waals surface area contributed by atoms with E-state index in [1.807, 2.05) is 30.3 Å². The van der Waals surface area contributed by atoms with Crippen LogP contribution < -0.4 is 10.6 Å². The highest BCUT2D eigenvalue weighted by Crippen LogP contribution is 2.29. The van der Waals surface area contributed by atoms with Gasteiger partial charge in [0.05, 0.1) is 5.02 Å². The molecule has 9 heteroatoms. The van der Waals surface area contributed by atoms with Gasteiger partial charge in [-0.15, -0.1) is 0 Å². The summed E-state index contributed by atoms with van der Waals surface area (Å²) >= 11 is 6.33. The first kappa shape index (κ1) is 25.0. The van der Waals surface area contributed by atoms with Gasteiger partial charge in [0, 0.05) is 31.2 Å². The molecule has 1 heterocycles. The van der Waals surface area contributed by atoms with Crippen molar-refractivity contribution in [3.8, 4) is 0 Å². The van der Waals surface area contributed by atoms with Gasteiger partial charge in [0.2, 0.25) is 21.8 Å². The Morgan fingerprint density at radius 3 is 2.61 bits per heavy atom. The Morgan fingerprint density at radius 2 is 1.91 bits per heavy atom. The molecule has 33 heavy (non-hydrogen) atoms. The van der Waals surface area contributed by atoms with Gasteiger partial charge in [-0.2, -0.15) is 4.31 Å². The Morgan fingerprint density at radius 1 is 1.15 bits per heavy atom. The second-order valence-corrected chi connectivity index (χ2v) is 10.3. The zero-order chi connectivity index (χ0) is 23.8. The summed E-state index contributed by atoms with van der Waals surface area (Å²) in [4.78, 5) is 23.9. The second kappa shape index (κ2) is 11.4. The Balaban J connectivity index is 1.67. The lowest BCUT2D eigenvalue weighted by Crippen LogP contribution is -2.44. The van der Waals surface area contributed by atoms with E-state index in [0.29, 0.717) is 37.9 Å². The van der Waals surface area contributed by atoms with Crippen molar-refractivity contribution in [3.05, 3.63) is 71.8 Å². The molecule has 1 atom stereocenters. The number of nitrogens with zero attached hydrogens (tertiary/aromatic N) is 1. The number of carbonyl (C=O) groups excluding carboxylic acids is 2. The lowest BCUT2D eigenvalue weighted by Gasteiger charge is -2.25. The number of nitrogens with one attached hydrogen (secondary N) is 2. The molecule has 1 saturated heterocycles. The van der Waals surface area contributed by atoms with Crippen LogP contribution in [0.5, 0.6) is 0 Å². The Labute approximate surface area is 199 Å². The third-order valence-electron chi connectivity index (χ3n) is 5.48. The van der Waals surface area contributed by atoms with E-state index in [0.717, 1.165) is 12.0 Å². The van der Waals surface area contributed by atoms with E-state index in [1.54, 1.807) is 0 Å². The molecule has 1 aliphatic heterocycles. The molecule has 1 aliphatic rings. The van der Waals surface area contributed by atoms with Gasteiger partial charge < -0.3 is 10.6 Å². The van der Waals surface area contributed by atoms with E-state index in [-0.39, 0.29) is 34.3 Å². The van der Waals surface area contributed by atoms with Crippen LogP contribution in [0, 0.1) is 0 Å². The van der Waals surface area contributed by atoms with Crippen molar-refractivity contribution in [3.63, 3.8) is 0 Å². The molecule has 2 aromatic rings. The monoisotopic (exact) mass is 489 g/mol. The van der Waals surface area contributed by atoms with Crippen LogP contribution in [-0.2, 0) is 26.0 Å². The summed E-state index contributed by atoms with van der Waals surface area (Å²) < 4.78 is 27.9. The summed E-state index contributed by atoms with van der Waals surface area (Å²) in [5.41, 5.74) is 1.50. The zero-order valence-electron chi connectivity index (χ0n) is 18.3. The van der Waals surface area contributed by atoms with E-state index in [4.69, 9.17) is 11.6 Å². The number of benzene rings is 2. The molecule has 2 amide bonds. The minimum atomic E-state index is -3.87. The van der Waals surface area contributed by atoms with Gasteiger partial charge in [0.1, 0.15) is 4.90 Å². The van der Waals surface area contributed by atoms with Gasteiger partial charge in [-0.05, 0) is 49.1 Å². The summed E-state index contributed by atoms with van der Waals surface area (Å²) in [6, 6.07) is 13.8. The maximum absolute atomic E-state index is 13.3. The standard InChI is InChI=1S/C24H28ClN3O4S/c1-2-23(29)27-20-10-6-7-15-28(17-20)33(31,32)22-13-12-19(16-21(22)25)26-24(30)14-11-18-8-4-3-5-9-18/h2-5,8-9,12-13,16,20H,1,6-7,10-11,14-15,17H2,(H,26,30)(H,27,29). The van der Waals surface area contributed by atoms with Gasteiger partial charge in [0.15, 0.2) is 0 Å². The largest absolute Gasteiger partial charge is 0.349 e. The lowest BCUT2D eigenvalue weighted by atomic mass is 10.1. The van der Waals surface area contributed by atoms with Crippen LogP contribution in [0.4, 0.5) is 5.69 Å². The van der Waals surface area contributed by atoms with E-state index >= 15 is 0 Å². The number of rotatable bonds is 8. The number of amides is 2. The van der Waals surface area contributed by atoms with Crippen LogP contribution in [0.3, 0.4) is 0 Å². The number of anilines is 1. The third kappa shape index (κ3) is 6.90. The van der Waals surface area contributed by atoms with Crippen molar-refractivity contribution in [2.24, 2.45) is 0 Å².